The average Bonchev–Trinajstić information content (AvgIpc) is 3.64. The van der Waals surface area contributed by atoms with Crippen molar-refractivity contribution in [2.24, 2.45) is 11.8 Å². The molecule has 2 aliphatic heterocycles. The number of nitrogens with one attached hydrogen (secondary N) is 1. The molecule has 5 rings (SSSR count). The summed E-state index contributed by atoms with van der Waals surface area (Å²) in [6.45, 7) is 2.94. The van der Waals surface area contributed by atoms with Crippen LogP contribution in [0.25, 0.3) is 0 Å². The van der Waals surface area contributed by atoms with E-state index >= 15 is 0 Å². The number of fused-ring (bicyclic) bond motifs is 1. The molecule has 2 fully saturated rings. The van der Waals surface area contributed by atoms with Crippen LogP contribution in [0.2, 0.25) is 0 Å². The predicted molar refractivity (Wildman–Crippen MR) is 127 cm³/mol. The summed E-state index contributed by atoms with van der Waals surface area (Å²) >= 11 is 0. The zero-order valence-electron chi connectivity index (χ0n) is 19.3. The number of sulfonamides is 1. The van der Waals surface area contributed by atoms with Gasteiger partial charge in [0, 0.05) is 49.7 Å². The van der Waals surface area contributed by atoms with E-state index in [-0.39, 0.29) is 41.1 Å². The van der Waals surface area contributed by atoms with Gasteiger partial charge < -0.3 is 10.2 Å². The third-order valence-corrected chi connectivity index (χ3v) is 8.87. The fraction of sp³-hybridized carbons (Fsp3) is 0.480. The Morgan fingerprint density at radius 1 is 1.15 bits per heavy atom. The van der Waals surface area contributed by atoms with Gasteiger partial charge in [0.15, 0.2) is 0 Å². The first-order chi connectivity index (χ1) is 16.3. The number of pyridine rings is 1. The van der Waals surface area contributed by atoms with Gasteiger partial charge in [-0.1, -0.05) is 6.07 Å². The number of amides is 2. The zero-order chi connectivity index (χ0) is 23.9. The third kappa shape index (κ3) is 4.46. The third-order valence-electron chi connectivity index (χ3n) is 7.01. The molecule has 8 nitrogen and oxygen atoms in total. The number of carbonyl (C=O) groups excluding carboxylic acids is 2. The molecule has 0 unspecified atom stereocenters. The number of benzene rings is 1. The standard InChI is InChI=1S/C25H30N4O4S/c1-17-12-21-13-22(8-9-23(21)29(17)25(31)19-6-7-19)34(32,33)28-11-3-5-20(16-28)24(30)27-15-18-4-2-10-26-14-18/h2,4,8-10,13-14,17,19-20H,3,5-7,11-12,15-16H2,1H3,(H,27,30)/t17-,20-/m0/s1. The summed E-state index contributed by atoms with van der Waals surface area (Å²) in [5, 5.41) is 2.91. The molecule has 1 N–H and O–H groups in total. The van der Waals surface area contributed by atoms with E-state index < -0.39 is 10.0 Å². The van der Waals surface area contributed by atoms with Crippen molar-refractivity contribution in [3.05, 3.63) is 53.9 Å². The van der Waals surface area contributed by atoms with Gasteiger partial charge in [-0.15, -0.1) is 0 Å². The maximum Gasteiger partial charge on any atom is 0.243 e. The maximum absolute atomic E-state index is 13.5. The Hall–Kier alpha value is -2.78. The molecule has 1 aliphatic carbocycles. The van der Waals surface area contributed by atoms with Gasteiger partial charge in [0.25, 0.3) is 0 Å². The summed E-state index contributed by atoms with van der Waals surface area (Å²) in [5.74, 6) is -0.258. The van der Waals surface area contributed by atoms with E-state index in [4.69, 9.17) is 0 Å². The molecule has 0 radical (unpaired) electrons. The minimum Gasteiger partial charge on any atom is -0.352 e. The molecule has 9 heteroatoms. The van der Waals surface area contributed by atoms with Crippen LogP contribution in [0.4, 0.5) is 5.69 Å². The fourth-order valence-corrected chi connectivity index (χ4v) is 6.57. The summed E-state index contributed by atoms with van der Waals surface area (Å²) in [6, 6.07) is 8.82. The molecule has 2 aromatic rings. The normalized spacial score (nSPS) is 22.9. The smallest absolute Gasteiger partial charge is 0.243 e. The molecule has 34 heavy (non-hydrogen) atoms. The summed E-state index contributed by atoms with van der Waals surface area (Å²) in [7, 11) is -3.74. The largest absolute Gasteiger partial charge is 0.352 e. The van der Waals surface area contributed by atoms with E-state index in [0.717, 1.165) is 29.7 Å². The lowest BCUT2D eigenvalue weighted by atomic mass is 9.99. The van der Waals surface area contributed by atoms with Crippen molar-refractivity contribution in [1.82, 2.24) is 14.6 Å². The monoisotopic (exact) mass is 482 g/mol. The van der Waals surface area contributed by atoms with Crippen LogP contribution in [0, 0.1) is 11.8 Å². The molecule has 1 aromatic heterocycles. The average molecular weight is 483 g/mol. The van der Waals surface area contributed by atoms with Gasteiger partial charge in [-0.05, 0) is 74.4 Å². The predicted octanol–water partition coefficient (Wildman–Crippen LogP) is 2.49. The number of carbonyl (C=O) groups is 2. The molecular weight excluding hydrogens is 452 g/mol. The van der Waals surface area contributed by atoms with Crippen molar-refractivity contribution in [2.45, 2.75) is 56.5 Å². The topological polar surface area (TPSA) is 99.7 Å². The van der Waals surface area contributed by atoms with Crippen molar-refractivity contribution in [3.63, 3.8) is 0 Å². The van der Waals surface area contributed by atoms with Gasteiger partial charge >= 0.3 is 0 Å². The van der Waals surface area contributed by atoms with Crippen molar-refractivity contribution in [3.8, 4) is 0 Å². The summed E-state index contributed by atoms with van der Waals surface area (Å²) in [6.07, 6.45) is 7.20. The Kier molecular flexibility index (Phi) is 6.16. The molecule has 2 atom stereocenters. The fourth-order valence-electron chi connectivity index (χ4n) is 4.99. The number of hydrogen-bond acceptors (Lipinski definition) is 5. The molecule has 1 saturated heterocycles. The van der Waals surface area contributed by atoms with Crippen LogP contribution in [0.15, 0.2) is 47.6 Å². The van der Waals surface area contributed by atoms with Crippen LogP contribution in [-0.4, -0.2) is 48.7 Å². The van der Waals surface area contributed by atoms with Gasteiger partial charge in [-0.2, -0.15) is 4.31 Å². The molecule has 1 aromatic carbocycles. The number of rotatable bonds is 6. The first-order valence-electron chi connectivity index (χ1n) is 12.0. The van der Waals surface area contributed by atoms with E-state index in [9.17, 15) is 18.0 Å². The highest BCUT2D eigenvalue weighted by Crippen LogP contribution is 2.40. The van der Waals surface area contributed by atoms with Gasteiger partial charge in [-0.25, -0.2) is 8.42 Å². The first kappa shape index (κ1) is 23.0. The second kappa shape index (κ2) is 9.11. The van der Waals surface area contributed by atoms with E-state index in [0.29, 0.717) is 32.4 Å². The van der Waals surface area contributed by atoms with E-state index in [1.54, 1.807) is 30.6 Å². The van der Waals surface area contributed by atoms with Crippen molar-refractivity contribution in [1.29, 1.82) is 0 Å². The number of piperidine rings is 1. The van der Waals surface area contributed by atoms with Gasteiger partial charge in [0.1, 0.15) is 0 Å². The summed E-state index contributed by atoms with van der Waals surface area (Å²) in [5.41, 5.74) is 2.62. The van der Waals surface area contributed by atoms with E-state index in [1.165, 1.54) is 4.31 Å². The molecule has 0 spiro atoms. The molecular formula is C25H30N4O4S. The Bertz CT molecular complexity index is 1200. The Morgan fingerprint density at radius 2 is 1.97 bits per heavy atom. The second-order valence-corrected chi connectivity index (χ2v) is 11.5. The van der Waals surface area contributed by atoms with Gasteiger partial charge in [0.2, 0.25) is 21.8 Å². The lowest BCUT2D eigenvalue weighted by molar-refractivity contribution is -0.126. The molecule has 1 saturated carbocycles. The Balaban J connectivity index is 1.28. The van der Waals surface area contributed by atoms with Crippen LogP contribution in [0.5, 0.6) is 0 Å². The second-order valence-electron chi connectivity index (χ2n) is 9.61. The Labute approximate surface area is 200 Å². The van der Waals surface area contributed by atoms with Crippen LogP contribution in [-0.2, 0) is 32.6 Å². The van der Waals surface area contributed by atoms with E-state index in [2.05, 4.69) is 10.3 Å². The minimum atomic E-state index is -3.74. The zero-order valence-corrected chi connectivity index (χ0v) is 20.1. The van der Waals surface area contributed by atoms with E-state index in [1.807, 2.05) is 24.0 Å². The first-order valence-corrected chi connectivity index (χ1v) is 13.4. The van der Waals surface area contributed by atoms with Crippen molar-refractivity contribution >= 4 is 27.5 Å². The molecule has 0 bridgehead atoms. The van der Waals surface area contributed by atoms with Crippen LogP contribution < -0.4 is 10.2 Å². The Morgan fingerprint density at radius 3 is 2.71 bits per heavy atom. The number of nitrogens with zero attached hydrogens (tertiary/aromatic N) is 3. The number of aromatic nitrogens is 1. The molecule has 180 valence electrons. The van der Waals surface area contributed by atoms with Crippen molar-refractivity contribution in [2.75, 3.05) is 18.0 Å². The maximum atomic E-state index is 13.5. The lowest BCUT2D eigenvalue weighted by Gasteiger charge is -2.31. The molecule has 3 heterocycles. The highest BCUT2D eigenvalue weighted by atomic mass is 32.2. The highest BCUT2D eigenvalue weighted by Gasteiger charge is 2.40. The van der Waals surface area contributed by atoms with Crippen LogP contribution >= 0.6 is 0 Å². The SMILES string of the molecule is C[C@H]1Cc2cc(S(=O)(=O)N3CCC[C@H](C(=O)NCc4cccnc4)C3)ccc2N1C(=O)C1CC1. The summed E-state index contributed by atoms with van der Waals surface area (Å²) in [4.78, 5) is 31.6. The number of anilines is 1. The quantitative estimate of drug-likeness (QED) is 0.682. The van der Waals surface area contributed by atoms with Gasteiger partial charge in [-0.3, -0.25) is 14.6 Å². The van der Waals surface area contributed by atoms with Crippen LogP contribution in [0.1, 0.15) is 43.7 Å². The summed E-state index contributed by atoms with van der Waals surface area (Å²) < 4.78 is 28.3. The lowest BCUT2D eigenvalue weighted by Crippen LogP contribution is -2.45. The highest BCUT2D eigenvalue weighted by molar-refractivity contribution is 7.89. The van der Waals surface area contributed by atoms with Crippen molar-refractivity contribution < 1.29 is 18.0 Å². The minimum absolute atomic E-state index is 0.0314. The molecule has 2 amide bonds. The van der Waals surface area contributed by atoms with Gasteiger partial charge in [0.05, 0.1) is 10.8 Å². The number of hydrogen-bond donors (Lipinski definition) is 1. The van der Waals surface area contributed by atoms with Crippen LogP contribution in [0.3, 0.4) is 0 Å². The molecule has 3 aliphatic rings.